The van der Waals surface area contributed by atoms with Gasteiger partial charge in [-0.15, -0.1) is 0 Å². The lowest BCUT2D eigenvalue weighted by atomic mass is 9.81. The summed E-state index contributed by atoms with van der Waals surface area (Å²) in [5, 5.41) is 2.94. The number of rotatable bonds is 11. The molecule has 3 N–H and O–H groups in total. The Morgan fingerprint density at radius 1 is 1.05 bits per heavy atom. The zero-order chi connectivity index (χ0) is 26.5. The molecule has 7 nitrogen and oxygen atoms in total. The summed E-state index contributed by atoms with van der Waals surface area (Å²) in [7, 11) is 0. The number of carbonyl (C=O) groups is 3. The van der Waals surface area contributed by atoms with E-state index in [4.69, 9.17) is 10.7 Å². The lowest BCUT2D eigenvalue weighted by Crippen LogP contribution is -2.51. The largest absolute Gasteiger partial charge is 0.369 e. The van der Waals surface area contributed by atoms with Crippen LogP contribution in [0.25, 0.3) is 0 Å². The van der Waals surface area contributed by atoms with Gasteiger partial charge in [0, 0.05) is 29.5 Å². The molecule has 1 saturated carbocycles. The second kappa shape index (κ2) is 11.7. The zero-order valence-corrected chi connectivity index (χ0v) is 22.0. The summed E-state index contributed by atoms with van der Waals surface area (Å²) < 4.78 is 0. The molecule has 0 spiro atoms. The third-order valence-corrected chi connectivity index (χ3v) is 7.18. The molecule has 1 unspecified atom stereocenters. The van der Waals surface area contributed by atoms with Gasteiger partial charge in [0.2, 0.25) is 18.0 Å². The number of anilines is 1. The van der Waals surface area contributed by atoms with E-state index in [9.17, 15) is 14.4 Å². The van der Waals surface area contributed by atoms with Gasteiger partial charge in [-0.2, -0.15) is 0 Å². The minimum atomic E-state index is -1.10. The summed E-state index contributed by atoms with van der Waals surface area (Å²) >= 11 is 0. The number of para-hydroxylation sites is 1. The Morgan fingerprint density at radius 2 is 1.73 bits per heavy atom. The van der Waals surface area contributed by atoms with Crippen LogP contribution in [0.1, 0.15) is 64.0 Å². The maximum absolute atomic E-state index is 14.0. The molecule has 3 amide bonds. The first kappa shape index (κ1) is 26.6. The van der Waals surface area contributed by atoms with Crippen LogP contribution in [0.3, 0.4) is 0 Å². The number of benzodiazepines with no additional fused rings is 1. The Hall–Kier alpha value is -3.48. The van der Waals surface area contributed by atoms with Crippen LogP contribution in [0, 0.1) is 23.7 Å². The number of carbonyl (C=O) groups excluding carboxylic acids is 3. The number of nitrogens with one attached hydrogen (secondary N) is 1. The van der Waals surface area contributed by atoms with Crippen molar-refractivity contribution >= 4 is 29.1 Å². The van der Waals surface area contributed by atoms with E-state index in [0.717, 1.165) is 36.1 Å². The first-order chi connectivity index (χ1) is 17.8. The van der Waals surface area contributed by atoms with Gasteiger partial charge in [0.25, 0.3) is 5.91 Å². The fourth-order valence-corrected chi connectivity index (χ4v) is 5.15. The van der Waals surface area contributed by atoms with Gasteiger partial charge in [-0.05, 0) is 43.6 Å². The molecule has 7 heteroatoms. The highest BCUT2D eigenvalue weighted by Gasteiger charge is 2.39. The number of nitrogens with two attached hydrogens (primary N) is 1. The molecule has 3 atom stereocenters. The molecule has 0 aromatic heterocycles. The van der Waals surface area contributed by atoms with Crippen molar-refractivity contribution in [2.75, 3.05) is 11.4 Å². The number of fused-ring (bicyclic) bond motifs is 1. The quantitative estimate of drug-likeness (QED) is 0.479. The first-order valence-electron chi connectivity index (χ1n) is 13.4. The van der Waals surface area contributed by atoms with E-state index in [0.29, 0.717) is 31.0 Å². The first-order valence-corrected chi connectivity index (χ1v) is 13.4. The van der Waals surface area contributed by atoms with Crippen molar-refractivity contribution in [3.05, 3.63) is 65.7 Å². The lowest BCUT2D eigenvalue weighted by molar-refractivity contribution is -0.136. The van der Waals surface area contributed by atoms with Crippen molar-refractivity contribution in [3.63, 3.8) is 0 Å². The van der Waals surface area contributed by atoms with Crippen molar-refractivity contribution in [1.82, 2.24) is 5.32 Å². The van der Waals surface area contributed by atoms with Gasteiger partial charge in [0.15, 0.2) is 0 Å². The maximum Gasteiger partial charge on any atom is 0.272 e. The van der Waals surface area contributed by atoms with Gasteiger partial charge in [-0.25, -0.2) is 4.99 Å². The minimum absolute atomic E-state index is 0.179. The Labute approximate surface area is 219 Å². The van der Waals surface area contributed by atoms with Crippen LogP contribution in [-0.2, 0) is 14.4 Å². The number of primary amides is 1. The van der Waals surface area contributed by atoms with Gasteiger partial charge in [-0.3, -0.25) is 14.4 Å². The summed E-state index contributed by atoms with van der Waals surface area (Å²) in [4.78, 5) is 46.7. The molecule has 2 aromatic rings. The highest BCUT2D eigenvalue weighted by Crippen LogP contribution is 2.35. The number of nitrogens with zero attached hydrogens (tertiary/aromatic N) is 2. The summed E-state index contributed by atoms with van der Waals surface area (Å²) in [6.45, 7) is 6.59. The van der Waals surface area contributed by atoms with Crippen LogP contribution >= 0.6 is 0 Å². The Kier molecular flexibility index (Phi) is 8.41. The topological polar surface area (TPSA) is 105 Å². The summed E-state index contributed by atoms with van der Waals surface area (Å²) in [6, 6.07) is 17.5. The van der Waals surface area contributed by atoms with Crippen LogP contribution in [0.5, 0.6) is 0 Å². The smallest absolute Gasteiger partial charge is 0.272 e. The molecule has 1 fully saturated rings. The highest BCUT2D eigenvalue weighted by molar-refractivity contribution is 6.20. The van der Waals surface area contributed by atoms with Gasteiger partial charge >= 0.3 is 0 Å². The van der Waals surface area contributed by atoms with E-state index in [1.807, 2.05) is 75.4 Å². The second-order valence-corrected chi connectivity index (χ2v) is 10.7. The molecule has 2 aromatic carbocycles. The predicted octanol–water partition coefficient (Wildman–Crippen LogP) is 4.29. The standard InChI is InChI=1S/C30H38N4O3/c1-4-10-22(27(31)35)24(17-19(2)3)29(36)33-28-30(37)34(18-20-15-16-20)25-14-9-8-13-23(25)26(32-28)21-11-6-5-7-12-21/h5-9,11-14,19-20,22,24,28H,4,10,15-18H2,1-3H3,(H2,31,35)(H,33,36)/t22-,24+,28?/m0/s1. The van der Waals surface area contributed by atoms with Crippen molar-refractivity contribution in [2.45, 2.75) is 59.0 Å². The third-order valence-electron chi connectivity index (χ3n) is 7.18. The number of amides is 3. The van der Waals surface area contributed by atoms with Crippen LogP contribution in [0.15, 0.2) is 59.6 Å². The summed E-state index contributed by atoms with van der Waals surface area (Å²) in [5.74, 6) is -1.67. The third kappa shape index (κ3) is 6.27. The van der Waals surface area contributed by atoms with E-state index >= 15 is 0 Å². The van der Waals surface area contributed by atoms with Crippen LogP contribution < -0.4 is 16.0 Å². The van der Waals surface area contributed by atoms with Crippen molar-refractivity contribution in [2.24, 2.45) is 34.4 Å². The fourth-order valence-electron chi connectivity index (χ4n) is 5.15. The molecular formula is C30H38N4O3. The van der Waals surface area contributed by atoms with Gasteiger partial charge in [0.05, 0.1) is 11.4 Å². The van der Waals surface area contributed by atoms with E-state index in [2.05, 4.69) is 5.32 Å². The molecule has 196 valence electrons. The van der Waals surface area contributed by atoms with E-state index in [1.54, 1.807) is 4.90 Å². The minimum Gasteiger partial charge on any atom is -0.369 e. The SMILES string of the molecule is CCC[C@H](C(N)=O)[C@@H](CC(C)C)C(=O)NC1N=C(c2ccccc2)c2ccccc2N(CC2CC2)C1=O. The average molecular weight is 503 g/mol. The lowest BCUT2D eigenvalue weighted by Gasteiger charge is -2.28. The molecule has 37 heavy (non-hydrogen) atoms. The molecule has 0 saturated heterocycles. The molecule has 0 radical (unpaired) electrons. The molecule has 2 aliphatic rings. The molecule has 1 heterocycles. The summed E-state index contributed by atoms with van der Waals surface area (Å²) in [6.07, 6.45) is 2.84. The van der Waals surface area contributed by atoms with Crippen LogP contribution in [0.4, 0.5) is 5.69 Å². The molecule has 4 rings (SSSR count). The Balaban J connectivity index is 1.75. The Morgan fingerprint density at radius 3 is 2.35 bits per heavy atom. The van der Waals surface area contributed by atoms with Crippen molar-refractivity contribution < 1.29 is 14.4 Å². The summed E-state index contributed by atoms with van der Waals surface area (Å²) in [5.41, 5.74) is 8.94. The number of benzene rings is 2. The second-order valence-electron chi connectivity index (χ2n) is 10.7. The van der Waals surface area contributed by atoms with Gasteiger partial charge in [0.1, 0.15) is 0 Å². The maximum atomic E-state index is 14.0. The van der Waals surface area contributed by atoms with E-state index < -0.39 is 23.9 Å². The molecule has 1 aliphatic carbocycles. The van der Waals surface area contributed by atoms with Crippen molar-refractivity contribution in [3.8, 4) is 0 Å². The van der Waals surface area contributed by atoms with Crippen LogP contribution in [-0.4, -0.2) is 36.1 Å². The fraction of sp³-hybridized carbons (Fsp3) is 0.467. The molecule has 0 bridgehead atoms. The Bertz CT molecular complexity index is 1160. The number of hydrogen-bond acceptors (Lipinski definition) is 4. The van der Waals surface area contributed by atoms with E-state index in [-0.39, 0.29) is 17.7 Å². The monoisotopic (exact) mass is 502 g/mol. The number of aliphatic imine (C=N–C) groups is 1. The normalized spacial score (nSPS) is 19.0. The highest BCUT2D eigenvalue weighted by atomic mass is 16.2. The van der Waals surface area contributed by atoms with Crippen LogP contribution in [0.2, 0.25) is 0 Å². The van der Waals surface area contributed by atoms with Gasteiger partial charge < -0.3 is 16.0 Å². The zero-order valence-electron chi connectivity index (χ0n) is 22.0. The average Bonchev–Trinajstić information content (AvgIpc) is 3.72. The molecule has 1 aliphatic heterocycles. The van der Waals surface area contributed by atoms with Crippen molar-refractivity contribution in [1.29, 1.82) is 0 Å². The number of hydrogen-bond donors (Lipinski definition) is 2. The predicted molar refractivity (Wildman–Crippen MR) is 146 cm³/mol. The van der Waals surface area contributed by atoms with E-state index in [1.165, 1.54) is 0 Å². The van der Waals surface area contributed by atoms with Gasteiger partial charge in [-0.1, -0.05) is 75.7 Å². The molecular weight excluding hydrogens is 464 g/mol.